The molecule has 4 heteroatoms. The van der Waals surface area contributed by atoms with Gasteiger partial charge in [0.05, 0.1) is 0 Å². The minimum absolute atomic E-state index is 0.0548. The van der Waals surface area contributed by atoms with Crippen LogP contribution in [0.5, 0.6) is 0 Å². The van der Waals surface area contributed by atoms with Crippen LogP contribution < -0.4 is 19.6 Å². The molecule has 0 bridgehead atoms. The topological polar surface area (TPSA) is 13.0 Å². The molecule has 0 saturated heterocycles. The van der Waals surface area contributed by atoms with E-state index in [2.05, 4.69) is 529 Å². The highest BCUT2D eigenvalue weighted by molar-refractivity contribution is 5.95. The molecule has 0 fully saturated rings. The summed E-state index contributed by atoms with van der Waals surface area (Å²) < 4.78 is 27.1. The number of benzene rings is 16. The smallest absolute Gasteiger partial charge is 0.0498 e. The molecule has 16 aromatic rings. The van der Waals surface area contributed by atoms with Crippen LogP contribution in [0.3, 0.4) is 0 Å². The van der Waals surface area contributed by atoms with Crippen LogP contribution in [0, 0.1) is 6.92 Å². The maximum absolute atomic E-state index is 9.15. The van der Waals surface area contributed by atoms with Crippen molar-refractivity contribution in [3.63, 3.8) is 0 Å². The van der Waals surface area contributed by atoms with Gasteiger partial charge in [-0.25, -0.2) is 0 Å². The summed E-state index contributed by atoms with van der Waals surface area (Å²) in [6.07, 6.45) is -0.330. The van der Waals surface area contributed by atoms with Crippen molar-refractivity contribution < 1.29 is 4.11 Å². The van der Waals surface area contributed by atoms with E-state index in [-0.39, 0.29) is 50.2 Å². The van der Waals surface area contributed by atoms with Gasteiger partial charge in [0.1, 0.15) is 0 Å². The summed E-state index contributed by atoms with van der Waals surface area (Å²) in [5.74, 6) is -1.49. The Morgan fingerprint density at radius 2 is 0.438 bits per heavy atom. The predicted molar refractivity (Wildman–Crippen MR) is 593 cm³/mol. The summed E-state index contributed by atoms with van der Waals surface area (Å²) in [6, 6.07) is 131. The Kier molecular flexibility index (Phi) is 24.7. The zero-order chi connectivity index (χ0) is 100. The maximum Gasteiger partial charge on any atom is 0.0498 e. The Morgan fingerprint density at radius 1 is 0.234 bits per heavy atom. The molecule has 0 aliphatic heterocycles. The van der Waals surface area contributed by atoms with E-state index in [1.165, 1.54) is 168 Å². The Morgan fingerprint density at radius 3 is 0.686 bits per heavy atom. The summed E-state index contributed by atoms with van der Waals surface area (Å²) in [4.78, 5) is 9.96. The van der Waals surface area contributed by atoms with E-state index in [0.717, 1.165) is 33.8 Å². The van der Waals surface area contributed by atoms with Crippen molar-refractivity contribution >= 4 is 45.5 Å². The summed E-state index contributed by atoms with van der Waals surface area (Å²) in [7, 11) is 0. The summed E-state index contributed by atoms with van der Waals surface area (Å²) in [5, 5.41) is 0. The first-order valence-electron chi connectivity index (χ1n) is 51.0. The van der Waals surface area contributed by atoms with Gasteiger partial charge in [0.15, 0.2) is 0 Å². The first-order chi connectivity index (χ1) is 66.1. The van der Waals surface area contributed by atoms with Crippen molar-refractivity contribution in [1.29, 1.82) is 0 Å². The predicted octanol–water partition coefficient (Wildman–Crippen LogP) is 37.5. The fourth-order valence-electron chi connectivity index (χ4n) is 22.7. The van der Waals surface area contributed by atoms with E-state index in [0.29, 0.717) is 0 Å². The van der Waals surface area contributed by atoms with Gasteiger partial charge in [0.2, 0.25) is 0 Å². The standard InChI is InChI=1S/2C34H37N.C33H35N.C32H33N/c2*1-23(2)27-21-22-29-28-15-11-12-16-30(28)34(6,7)31(29)32(27)35(33(3,4)5)26-19-17-25(18-20-26)24-13-9-8-10-14-24;1-7-23-19-22-28-27-15-11-12-16-29(27)33(5,6)30(28)31(23)34(32(2,3)4)26-20-17-25(18-21-26)24-13-9-8-10-14-24;1-22-16-21-27-26-14-10-11-15-28(26)32(5,6)29(27)30(22)33(31(2,3)4)25-19-17-24(18-20-25)23-12-8-7-9-13-23/h2*8-23H,1-7H3;8-22H,7H2,1-6H3;7-21H,1-6H3/i2*23D;7D;. The number of nitrogens with zero attached hydrogens (tertiary/aromatic N) is 4. The second kappa shape index (κ2) is 37.0. The Labute approximate surface area is 825 Å². The van der Waals surface area contributed by atoms with Gasteiger partial charge >= 0.3 is 0 Å². The van der Waals surface area contributed by atoms with E-state index in [9.17, 15) is 0 Å². The largest absolute Gasteiger partial charge is 0.336 e. The van der Waals surface area contributed by atoms with Crippen LogP contribution in [-0.4, -0.2) is 22.2 Å². The molecule has 0 heterocycles. The quantitative estimate of drug-likeness (QED) is 0.101. The van der Waals surface area contributed by atoms with Gasteiger partial charge < -0.3 is 19.6 Å². The lowest BCUT2D eigenvalue weighted by atomic mass is 9.78. The number of fused-ring (bicyclic) bond motifs is 12. The van der Waals surface area contributed by atoms with Gasteiger partial charge in [-0.15, -0.1) is 0 Å². The fourth-order valence-corrected chi connectivity index (χ4v) is 22.7. The van der Waals surface area contributed by atoms with Crippen molar-refractivity contribution in [3.8, 4) is 89.0 Å². The molecule has 694 valence electrons. The average molecular weight is 1800 g/mol. The van der Waals surface area contributed by atoms with Crippen molar-refractivity contribution in [2.24, 2.45) is 0 Å². The average Bonchev–Trinajstić information content (AvgIpc) is 1.55. The highest BCUT2D eigenvalue weighted by Gasteiger charge is 2.47. The van der Waals surface area contributed by atoms with Gasteiger partial charge in [0.25, 0.3) is 0 Å². The third-order valence-corrected chi connectivity index (χ3v) is 28.9. The number of rotatable bonds is 15. The first-order valence-corrected chi connectivity index (χ1v) is 49.4. The van der Waals surface area contributed by atoms with E-state index in [4.69, 9.17) is 4.11 Å². The zero-order valence-corrected chi connectivity index (χ0v) is 86.0. The minimum atomic E-state index is -0.747. The molecule has 16 aromatic carbocycles. The maximum atomic E-state index is 9.15. The lowest BCUT2D eigenvalue weighted by molar-refractivity contribution is 0.549. The van der Waals surface area contributed by atoms with Gasteiger partial charge in [-0.2, -0.15) is 0 Å². The summed E-state index contributed by atoms with van der Waals surface area (Å²) in [6.45, 7) is 58.4. The van der Waals surface area contributed by atoms with E-state index >= 15 is 0 Å². The van der Waals surface area contributed by atoms with Crippen LogP contribution in [0.1, 0.15) is 256 Å². The Hall–Kier alpha value is -13.3. The van der Waals surface area contributed by atoms with Crippen LogP contribution in [0.25, 0.3) is 89.0 Å². The summed E-state index contributed by atoms with van der Waals surface area (Å²) >= 11 is 0. The molecule has 4 nitrogen and oxygen atoms in total. The van der Waals surface area contributed by atoms with Gasteiger partial charge in [-0.05, 0) is 313 Å². The second-order valence-electron chi connectivity index (χ2n) is 44.5. The molecule has 0 radical (unpaired) electrons. The molecule has 0 aromatic heterocycles. The number of hydrogen-bond donors (Lipinski definition) is 0. The van der Waals surface area contributed by atoms with Crippen LogP contribution in [-0.2, 0) is 28.1 Å². The van der Waals surface area contributed by atoms with E-state index in [1.54, 1.807) is 0 Å². The molecule has 0 saturated carbocycles. The van der Waals surface area contributed by atoms with Gasteiger partial charge in [0, 0.05) is 93.4 Å². The Bertz CT molecular complexity index is 6980. The molecular formula is C133H142N4. The summed E-state index contributed by atoms with van der Waals surface area (Å²) in [5.41, 5.74) is 44.1. The number of anilines is 8. The lowest BCUT2D eigenvalue weighted by Gasteiger charge is -2.42. The van der Waals surface area contributed by atoms with Gasteiger partial charge in [-0.1, -0.05) is 405 Å². The number of hydrogen-bond acceptors (Lipinski definition) is 4. The van der Waals surface area contributed by atoms with Crippen LogP contribution >= 0.6 is 0 Å². The third-order valence-electron chi connectivity index (χ3n) is 28.9. The Balaban J connectivity index is 0.000000129. The highest BCUT2D eigenvalue weighted by atomic mass is 15.2. The molecule has 1 unspecified atom stereocenters. The molecule has 4 aliphatic carbocycles. The molecule has 0 N–H and O–H groups in total. The van der Waals surface area contributed by atoms with E-state index < -0.39 is 11.8 Å². The SMILES string of the molecule is Cc1ccc2c(c1N(c1ccc(-c3ccccc3)cc1)C(C)(C)C)C(C)(C)c1ccccc1-2.[2H]C(C)(C)c1ccc2c(c1N(c1ccc(-c3ccccc3)cc1)C(C)(C)C)C(C)(C)c1ccccc1-2.[2H]C(C)(C)c1ccc2c(c1N(c1ccc(-c3ccccc3)cc1)C(C)(C)C)C(C)(C)c1ccccc1-2.[2H]C(C)c1ccc2c(c1N(c1ccc(-c3ccccc3)cc1)C(C)(C)C)C(C)(C)c1ccccc1-2. The monoisotopic (exact) mass is 1800 g/mol. The molecule has 0 spiro atoms. The highest BCUT2D eigenvalue weighted by Crippen LogP contribution is 2.62. The molecule has 1 atom stereocenters. The molecule has 20 rings (SSSR count). The molecule has 137 heavy (non-hydrogen) atoms. The third kappa shape index (κ3) is 17.8. The van der Waals surface area contributed by atoms with Crippen molar-refractivity contribution in [1.82, 2.24) is 0 Å². The van der Waals surface area contributed by atoms with Crippen LogP contribution in [0.4, 0.5) is 45.5 Å². The van der Waals surface area contributed by atoms with Crippen molar-refractivity contribution in [3.05, 3.63) is 431 Å². The molecule has 0 amide bonds. The zero-order valence-electron chi connectivity index (χ0n) is 89.0. The van der Waals surface area contributed by atoms with Crippen LogP contribution in [0.15, 0.2) is 364 Å². The van der Waals surface area contributed by atoms with E-state index in [1.807, 2.05) is 34.6 Å². The van der Waals surface area contributed by atoms with Crippen molar-refractivity contribution in [2.75, 3.05) is 19.6 Å². The fraction of sp³-hybridized carbons (Fsp3) is 0.278. The normalized spacial score (nSPS) is 14.7. The minimum Gasteiger partial charge on any atom is -0.336 e. The van der Waals surface area contributed by atoms with Crippen molar-refractivity contribution in [2.45, 2.75) is 242 Å². The number of aryl methyl sites for hydroxylation is 2. The second-order valence-corrected chi connectivity index (χ2v) is 44.5. The lowest BCUT2D eigenvalue weighted by Crippen LogP contribution is -2.40. The first kappa shape index (κ1) is 91.5. The molecule has 4 aliphatic rings. The van der Waals surface area contributed by atoms with Crippen LogP contribution in [0.2, 0.25) is 0 Å². The molecular weight excluding hydrogens is 1650 g/mol. The van der Waals surface area contributed by atoms with Gasteiger partial charge in [-0.3, -0.25) is 0 Å².